The molecule has 166 valence electrons. The van der Waals surface area contributed by atoms with Crippen LogP contribution in [0.15, 0.2) is 18.2 Å². The highest BCUT2D eigenvalue weighted by molar-refractivity contribution is 5.95. The van der Waals surface area contributed by atoms with Gasteiger partial charge in [0.1, 0.15) is 11.5 Å². The van der Waals surface area contributed by atoms with Crippen LogP contribution >= 0.6 is 0 Å². The zero-order valence-electron chi connectivity index (χ0n) is 18.5. The van der Waals surface area contributed by atoms with E-state index in [2.05, 4.69) is 0 Å². The third-order valence-electron chi connectivity index (χ3n) is 5.52. The Morgan fingerprint density at radius 2 is 1.63 bits per heavy atom. The normalized spacial score (nSPS) is 15.3. The molecule has 1 heterocycles. The van der Waals surface area contributed by atoms with Gasteiger partial charge in [0.05, 0.1) is 27.2 Å². The number of hydrogen-bond donors (Lipinski definition) is 0. The summed E-state index contributed by atoms with van der Waals surface area (Å²) in [5.74, 6) is 0.188. The van der Waals surface area contributed by atoms with Gasteiger partial charge in [-0.25, -0.2) is 0 Å². The van der Waals surface area contributed by atoms with E-state index in [4.69, 9.17) is 14.2 Å². The number of rotatable bonds is 8. The van der Waals surface area contributed by atoms with Gasteiger partial charge in [-0.05, 0) is 31.9 Å². The van der Waals surface area contributed by atoms with Crippen molar-refractivity contribution >= 4 is 17.8 Å². The molecule has 2 rings (SSSR count). The molecule has 1 aromatic rings. The van der Waals surface area contributed by atoms with Crippen LogP contribution in [-0.2, 0) is 14.3 Å². The molecule has 0 bridgehead atoms. The van der Waals surface area contributed by atoms with Crippen LogP contribution in [0.2, 0.25) is 0 Å². The van der Waals surface area contributed by atoms with Gasteiger partial charge in [0.25, 0.3) is 5.91 Å². The van der Waals surface area contributed by atoms with Crippen LogP contribution in [0.3, 0.4) is 0 Å². The molecule has 1 fully saturated rings. The molecule has 0 aromatic heterocycles. The average Bonchev–Trinajstić information content (AvgIpc) is 2.80. The first-order valence-electron chi connectivity index (χ1n) is 10.2. The summed E-state index contributed by atoms with van der Waals surface area (Å²) >= 11 is 0. The van der Waals surface area contributed by atoms with E-state index in [9.17, 15) is 14.4 Å². The van der Waals surface area contributed by atoms with Crippen LogP contribution in [0, 0.1) is 11.8 Å². The van der Waals surface area contributed by atoms with Crippen LogP contribution in [0.25, 0.3) is 0 Å². The van der Waals surface area contributed by atoms with Crippen molar-refractivity contribution in [1.82, 2.24) is 9.80 Å². The number of methoxy groups -OCH3 is 3. The molecule has 1 aliphatic rings. The standard InChI is InChI=1S/C22H32N2O6/c1-6-23(14-15(2)22(27)30-5)20(25)16-7-9-24(10-8-16)21(26)17-11-18(28-3)13-19(12-17)29-4/h11-13,15-16H,6-10,14H2,1-5H3. The fourth-order valence-electron chi connectivity index (χ4n) is 3.68. The lowest BCUT2D eigenvalue weighted by molar-refractivity contribution is -0.147. The third-order valence-corrected chi connectivity index (χ3v) is 5.52. The molecule has 1 atom stereocenters. The summed E-state index contributed by atoms with van der Waals surface area (Å²) in [6.45, 7) is 5.52. The van der Waals surface area contributed by atoms with E-state index in [1.54, 1.807) is 49.1 Å². The summed E-state index contributed by atoms with van der Waals surface area (Å²) in [5, 5.41) is 0. The van der Waals surface area contributed by atoms with Gasteiger partial charge < -0.3 is 24.0 Å². The minimum atomic E-state index is -0.372. The van der Waals surface area contributed by atoms with Gasteiger partial charge in [-0.2, -0.15) is 0 Å². The maximum absolute atomic E-state index is 12.9. The van der Waals surface area contributed by atoms with Gasteiger partial charge >= 0.3 is 5.97 Å². The lowest BCUT2D eigenvalue weighted by Gasteiger charge is -2.34. The molecule has 8 nitrogen and oxygen atoms in total. The largest absolute Gasteiger partial charge is 0.497 e. The van der Waals surface area contributed by atoms with Crippen molar-refractivity contribution in [1.29, 1.82) is 0 Å². The molecule has 1 unspecified atom stereocenters. The maximum atomic E-state index is 12.9. The Hall–Kier alpha value is -2.77. The highest BCUT2D eigenvalue weighted by Gasteiger charge is 2.31. The van der Waals surface area contributed by atoms with Crippen molar-refractivity contribution in [3.8, 4) is 11.5 Å². The second-order valence-electron chi connectivity index (χ2n) is 7.47. The number of piperidine rings is 1. The summed E-state index contributed by atoms with van der Waals surface area (Å²) in [7, 11) is 4.43. The quantitative estimate of drug-likeness (QED) is 0.600. The highest BCUT2D eigenvalue weighted by Crippen LogP contribution is 2.26. The molecule has 0 aliphatic carbocycles. The predicted octanol–water partition coefficient (Wildman–Crippen LogP) is 2.21. The molecule has 0 spiro atoms. The first-order valence-corrected chi connectivity index (χ1v) is 10.2. The zero-order valence-corrected chi connectivity index (χ0v) is 18.5. The summed E-state index contributed by atoms with van der Waals surface area (Å²) in [6.07, 6.45) is 1.18. The lowest BCUT2D eigenvalue weighted by Crippen LogP contribution is -2.46. The van der Waals surface area contributed by atoms with Crippen LogP contribution in [0.5, 0.6) is 11.5 Å². The monoisotopic (exact) mass is 420 g/mol. The first-order chi connectivity index (χ1) is 14.3. The van der Waals surface area contributed by atoms with E-state index in [1.807, 2.05) is 6.92 Å². The fraction of sp³-hybridized carbons (Fsp3) is 0.591. The molecule has 8 heteroatoms. The van der Waals surface area contributed by atoms with E-state index in [1.165, 1.54) is 7.11 Å². The third kappa shape index (κ3) is 5.64. The molecule has 1 aromatic carbocycles. The van der Waals surface area contributed by atoms with Crippen molar-refractivity contribution in [3.63, 3.8) is 0 Å². The van der Waals surface area contributed by atoms with E-state index in [0.29, 0.717) is 56.1 Å². The summed E-state index contributed by atoms with van der Waals surface area (Å²) in [4.78, 5) is 41.0. The molecule has 30 heavy (non-hydrogen) atoms. The van der Waals surface area contributed by atoms with Gasteiger partial charge in [-0.1, -0.05) is 6.92 Å². The van der Waals surface area contributed by atoms with E-state index >= 15 is 0 Å². The van der Waals surface area contributed by atoms with Crippen molar-refractivity contribution in [2.45, 2.75) is 26.7 Å². The number of nitrogens with zero attached hydrogens (tertiary/aromatic N) is 2. The molecule has 1 aliphatic heterocycles. The Labute approximate surface area is 178 Å². The van der Waals surface area contributed by atoms with Crippen LogP contribution in [0.1, 0.15) is 37.0 Å². The van der Waals surface area contributed by atoms with Gasteiger partial charge in [-0.15, -0.1) is 0 Å². The maximum Gasteiger partial charge on any atom is 0.310 e. The topological polar surface area (TPSA) is 85.4 Å². The molecular formula is C22H32N2O6. The van der Waals surface area contributed by atoms with E-state index < -0.39 is 0 Å². The van der Waals surface area contributed by atoms with Crippen molar-refractivity contribution < 1.29 is 28.6 Å². The van der Waals surface area contributed by atoms with Crippen LogP contribution in [-0.4, -0.2) is 75.1 Å². The van der Waals surface area contributed by atoms with Gasteiger partial charge in [0.15, 0.2) is 0 Å². The van der Waals surface area contributed by atoms with Gasteiger partial charge in [-0.3, -0.25) is 14.4 Å². The number of esters is 1. The second kappa shape index (κ2) is 10.8. The van der Waals surface area contributed by atoms with E-state index in [-0.39, 0.29) is 29.6 Å². The zero-order chi connectivity index (χ0) is 22.3. The summed E-state index contributed by atoms with van der Waals surface area (Å²) < 4.78 is 15.2. The molecule has 1 saturated heterocycles. The smallest absolute Gasteiger partial charge is 0.310 e. The van der Waals surface area contributed by atoms with Crippen molar-refractivity contribution in [2.24, 2.45) is 11.8 Å². The SMILES string of the molecule is CCN(CC(C)C(=O)OC)C(=O)C1CCN(C(=O)c2cc(OC)cc(OC)c2)CC1. The average molecular weight is 421 g/mol. The Morgan fingerprint density at radius 3 is 2.10 bits per heavy atom. The van der Waals surface area contributed by atoms with Crippen molar-refractivity contribution in [2.75, 3.05) is 47.5 Å². The molecule has 0 saturated carbocycles. The molecule has 0 N–H and O–H groups in total. The van der Waals surface area contributed by atoms with E-state index in [0.717, 1.165) is 0 Å². The van der Waals surface area contributed by atoms with Crippen molar-refractivity contribution in [3.05, 3.63) is 23.8 Å². The number of carbonyl (C=O) groups excluding carboxylic acids is 3. The van der Waals surface area contributed by atoms with Crippen LogP contribution < -0.4 is 9.47 Å². The number of likely N-dealkylation sites (tertiary alicyclic amines) is 1. The summed E-state index contributed by atoms with van der Waals surface area (Å²) in [6, 6.07) is 5.10. The molecule has 2 amide bonds. The minimum Gasteiger partial charge on any atom is -0.497 e. The van der Waals surface area contributed by atoms with Crippen LogP contribution in [0.4, 0.5) is 0 Å². The Bertz CT molecular complexity index is 736. The summed E-state index contributed by atoms with van der Waals surface area (Å²) in [5.41, 5.74) is 0.498. The Kier molecular flexibility index (Phi) is 8.50. The lowest BCUT2D eigenvalue weighted by atomic mass is 9.94. The first kappa shape index (κ1) is 23.5. The molecular weight excluding hydrogens is 388 g/mol. The predicted molar refractivity (Wildman–Crippen MR) is 112 cm³/mol. The Balaban J connectivity index is 1.99. The number of carbonyl (C=O) groups is 3. The second-order valence-corrected chi connectivity index (χ2v) is 7.47. The Morgan fingerprint density at radius 1 is 1.07 bits per heavy atom. The fourth-order valence-corrected chi connectivity index (χ4v) is 3.68. The highest BCUT2D eigenvalue weighted by atomic mass is 16.5. The minimum absolute atomic E-state index is 0.0309. The number of ether oxygens (including phenoxy) is 3. The number of benzene rings is 1. The van der Waals surface area contributed by atoms with Gasteiger partial charge in [0.2, 0.25) is 5.91 Å². The molecule has 0 radical (unpaired) electrons. The van der Waals surface area contributed by atoms with Gasteiger partial charge in [0, 0.05) is 43.7 Å². The number of amides is 2. The number of hydrogen-bond acceptors (Lipinski definition) is 6.